The third-order valence-corrected chi connectivity index (χ3v) is 4.59. The van der Waals surface area contributed by atoms with Crippen molar-refractivity contribution in [3.8, 4) is 0 Å². The predicted molar refractivity (Wildman–Crippen MR) is 101 cm³/mol. The Morgan fingerprint density at radius 2 is 1.92 bits per heavy atom. The van der Waals surface area contributed by atoms with Gasteiger partial charge in [-0.1, -0.05) is 35.9 Å². The van der Waals surface area contributed by atoms with Gasteiger partial charge in [0.1, 0.15) is 0 Å². The molecule has 1 aliphatic rings. The van der Waals surface area contributed by atoms with Crippen molar-refractivity contribution in [2.75, 3.05) is 5.88 Å². The van der Waals surface area contributed by atoms with Gasteiger partial charge in [-0.25, -0.2) is 5.01 Å². The summed E-state index contributed by atoms with van der Waals surface area (Å²) in [7, 11) is 0. The van der Waals surface area contributed by atoms with Crippen LogP contribution in [0.2, 0.25) is 5.02 Å². The lowest BCUT2D eigenvalue weighted by atomic mass is 9.97. The van der Waals surface area contributed by atoms with Crippen molar-refractivity contribution >= 4 is 40.5 Å². The van der Waals surface area contributed by atoms with Crippen LogP contribution in [0.15, 0.2) is 53.6 Å². The van der Waals surface area contributed by atoms with Gasteiger partial charge in [-0.3, -0.25) is 14.9 Å². The fraction of sp³-hybridized carbons (Fsp3) is 0.222. The molecular weight excluding hydrogens is 377 g/mol. The first-order chi connectivity index (χ1) is 12.5. The maximum atomic E-state index is 12.5. The van der Waals surface area contributed by atoms with Crippen LogP contribution in [0.4, 0.5) is 5.69 Å². The predicted octanol–water partition coefficient (Wildman–Crippen LogP) is 4.55. The SMILES string of the molecule is O=C(CCCl)N1N=C(c2ccc(Cl)cc2)C[C@@H]1c1ccccc1[N+](=O)[O-]. The maximum Gasteiger partial charge on any atom is 0.274 e. The van der Waals surface area contributed by atoms with E-state index in [1.54, 1.807) is 30.3 Å². The summed E-state index contributed by atoms with van der Waals surface area (Å²) < 4.78 is 0. The molecule has 0 fully saturated rings. The third-order valence-electron chi connectivity index (χ3n) is 4.14. The number of alkyl halides is 1. The lowest BCUT2D eigenvalue weighted by Gasteiger charge is -2.21. The highest BCUT2D eigenvalue weighted by Gasteiger charge is 2.36. The molecular formula is C18H15Cl2N3O3. The molecule has 0 aromatic heterocycles. The summed E-state index contributed by atoms with van der Waals surface area (Å²) in [5.41, 5.74) is 1.91. The number of nitro groups is 1. The van der Waals surface area contributed by atoms with Gasteiger partial charge in [0.2, 0.25) is 5.91 Å². The van der Waals surface area contributed by atoms with E-state index in [4.69, 9.17) is 23.2 Å². The Bertz CT molecular complexity index is 868. The molecule has 1 atom stereocenters. The molecule has 0 spiro atoms. The van der Waals surface area contributed by atoms with Gasteiger partial charge >= 0.3 is 0 Å². The van der Waals surface area contributed by atoms with E-state index >= 15 is 0 Å². The van der Waals surface area contributed by atoms with Crippen molar-refractivity contribution in [2.24, 2.45) is 5.10 Å². The largest absolute Gasteiger partial charge is 0.274 e. The fourth-order valence-electron chi connectivity index (χ4n) is 2.93. The summed E-state index contributed by atoms with van der Waals surface area (Å²) in [6.45, 7) is 0. The lowest BCUT2D eigenvalue weighted by molar-refractivity contribution is -0.385. The van der Waals surface area contributed by atoms with Crippen molar-refractivity contribution in [2.45, 2.75) is 18.9 Å². The number of nitro benzene ring substituents is 1. The second-order valence-corrected chi connectivity index (χ2v) is 6.58. The lowest BCUT2D eigenvalue weighted by Crippen LogP contribution is -2.27. The Kier molecular flexibility index (Phi) is 5.54. The Morgan fingerprint density at radius 3 is 2.58 bits per heavy atom. The number of carbonyl (C=O) groups is 1. The average molecular weight is 392 g/mol. The molecule has 26 heavy (non-hydrogen) atoms. The van der Waals surface area contributed by atoms with Crippen molar-refractivity contribution in [3.05, 3.63) is 74.8 Å². The van der Waals surface area contributed by atoms with Gasteiger partial charge in [0.05, 0.1) is 22.2 Å². The molecule has 0 saturated carbocycles. The highest BCUT2D eigenvalue weighted by Crippen LogP contribution is 2.37. The summed E-state index contributed by atoms with van der Waals surface area (Å²) >= 11 is 11.6. The number of hydrazone groups is 1. The number of nitrogens with zero attached hydrogens (tertiary/aromatic N) is 3. The molecule has 0 radical (unpaired) electrons. The third kappa shape index (κ3) is 3.71. The molecule has 0 bridgehead atoms. The highest BCUT2D eigenvalue weighted by molar-refractivity contribution is 6.30. The van der Waals surface area contributed by atoms with E-state index in [2.05, 4.69) is 5.10 Å². The van der Waals surface area contributed by atoms with Crippen LogP contribution in [0.25, 0.3) is 0 Å². The van der Waals surface area contributed by atoms with Crippen LogP contribution >= 0.6 is 23.2 Å². The van der Waals surface area contributed by atoms with Crippen LogP contribution in [0.5, 0.6) is 0 Å². The molecule has 1 amide bonds. The fourth-order valence-corrected chi connectivity index (χ4v) is 3.22. The number of benzene rings is 2. The van der Waals surface area contributed by atoms with Gasteiger partial charge < -0.3 is 0 Å². The summed E-state index contributed by atoms with van der Waals surface area (Å²) in [5.74, 6) is -0.114. The Hall–Kier alpha value is -2.44. The molecule has 1 aliphatic heterocycles. The van der Waals surface area contributed by atoms with Crippen LogP contribution < -0.4 is 0 Å². The van der Waals surface area contributed by atoms with Crippen LogP contribution in [0.3, 0.4) is 0 Å². The van der Waals surface area contributed by atoms with Crippen LogP contribution in [0.1, 0.15) is 30.0 Å². The summed E-state index contributed by atoms with van der Waals surface area (Å²) in [6.07, 6.45) is 0.483. The second kappa shape index (κ2) is 7.85. The van der Waals surface area contributed by atoms with Gasteiger partial charge in [0.15, 0.2) is 0 Å². The van der Waals surface area contributed by atoms with E-state index in [1.165, 1.54) is 11.1 Å². The minimum atomic E-state index is -0.544. The smallest absolute Gasteiger partial charge is 0.273 e. The molecule has 0 unspecified atom stereocenters. The van der Waals surface area contributed by atoms with Gasteiger partial charge in [0.25, 0.3) is 5.69 Å². The number of rotatable bonds is 5. The molecule has 3 rings (SSSR count). The summed E-state index contributed by atoms with van der Waals surface area (Å²) in [5, 5.41) is 17.7. The monoisotopic (exact) mass is 391 g/mol. The zero-order valence-electron chi connectivity index (χ0n) is 13.6. The van der Waals surface area contributed by atoms with Gasteiger partial charge in [-0.15, -0.1) is 11.6 Å². The minimum absolute atomic E-state index is 0.0336. The first-order valence-electron chi connectivity index (χ1n) is 7.96. The molecule has 0 N–H and O–H groups in total. The summed E-state index contributed by atoms with van der Waals surface area (Å²) in [4.78, 5) is 23.4. The van der Waals surface area contributed by atoms with Crippen LogP contribution in [-0.2, 0) is 4.79 Å². The zero-order valence-corrected chi connectivity index (χ0v) is 15.2. The zero-order chi connectivity index (χ0) is 18.7. The van der Waals surface area contributed by atoms with Gasteiger partial charge in [-0.05, 0) is 23.8 Å². The maximum absolute atomic E-state index is 12.5. The number of carbonyl (C=O) groups excluding carboxylic acids is 1. The van der Waals surface area contributed by atoms with E-state index in [0.29, 0.717) is 22.7 Å². The topological polar surface area (TPSA) is 75.8 Å². The van der Waals surface area contributed by atoms with E-state index in [9.17, 15) is 14.9 Å². The minimum Gasteiger partial charge on any atom is -0.273 e. The number of halogens is 2. The molecule has 8 heteroatoms. The van der Waals surface area contributed by atoms with Crippen LogP contribution in [-0.4, -0.2) is 27.4 Å². The van der Waals surface area contributed by atoms with Crippen molar-refractivity contribution < 1.29 is 9.72 Å². The standard InChI is InChI=1S/C18H15Cl2N3O3/c19-10-9-18(24)22-17(14-3-1-2-4-16(14)23(25)26)11-15(21-22)12-5-7-13(20)8-6-12/h1-8,17H,9-11H2/t17-/m1/s1. The molecule has 0 saturated heterocycles. The molecule has 6 nitrogen and oxygen atoms in total. The molecule has 0 aliphatic carbocycles. The number of hydrogen-bond donors (Lipinski definition) is 0. The average Bonchev–Trinajstić information content (AvgIpc) is 3.08. The van der Waals surface area contributed by atoms with Crippen molar-refractivity contribution in [1.29, 1.82) is 0 Å². The van der Waals surface area contributed by atoms with E-state index < -0.39 is 11.0 Å². The van der Waals surface area contributed by atoms with E-state index in [0.717, 1.165) is 5.56 Å². The Labute approximate surface area is 160 Å². The Balaban J connectivity index is 2.01. The molecule has 1 heterocycles. The first-order valence-corrected chi connectivity index (χ1v) is 8.87. The highest BCUT2D eigenvalue weighted by atomic mass is 35.5. The first kappa shape index (κ1) is 18.4. The van der Waals surface area contributed by atoms with Gasteiger partial charge in [-0.2, -0.15) is 5.10 Å². The van der Waals surface area contributed by atoms with E-state index in [-0.39, 0.29) is 23.9 Å². The molecule has 134 valence electrons. The van der Waals surface area contributed by atoms with Crippen LogP contribution in [0, 0.1) is 10.1 Å². The van der Waals surface area contributed by atoms with E-state index in [1.807, 2.05) is 12.1 Å². The Morgan fingerprint density at radius 1 is 1.23 bits per heavy atom. The molecule has 2 aromatic rings. The second-order valence-electron chi connectivity index (χ2n) is 5.77. The number of para-hydroxylation sites is 1. The molecule has 2 aromatic carbocycles. The number of amides is 1. The quantitative estimate of drug-likeness (QED) is 0.425. The van der Waals surface area contributed by atoms with Gasteiger partial charge in [0, 0.05) is 29.8 Å². The normalized spacial score (nSPS) is 16.5. The summed E-state index contributed by atoms with van der Waals surface area (Å²) in [6, 6.07) is 13.0. The van der Waals surface area contributed by atoms with Crippen molar-refractivity contribution in [3.63, 3.8) is 0 Å². The number of hydrogen-bond acceptors (Lipinski definition) is 4. The van der Waals surface area contributed by atoms with Crippen molar-refractivity contribution in [1.82, 2.24) is 5.01 Å².